The topological polar surface area (TPSA) is 685 Å². The molecule has 5 saturated heterocycles. The summed E-state index contributed by atoms with van der Waals surface area (Å²) in [6.45, 7) is 0.426. The van der Waals surface area contributed by atoms with Crippen LogP contribution in [0, 0.1) is 0 Å². The van der Waals surface area contributed by atoms with E-state index in [1.165, 1.54) is 14.2 Å². The first-order valence-electron chi connectivity index (χ1n) is 42.2. The molecule has 812 valence electrons. The Kier molecular flexibility index (Phi) is 55.4. The Labute approximate surface area is 805 Å². The van der Waals surface area contributed by atoms with Gasteiger partial charge in [0.2, 0.25) is 5.91 Å². The number of aryl methyl sites for hydroxylation is 1. The molecule has 1 N–H and O–H groups in total. The maximum atomic E-state index is 14.4. The number of aromatic nitrogens is 3. The van der Waals surface area contributed by atoms with Crippen LogP contribution in [0.4, 0.5) is 0 Å². The minimum Gasteiger partial charge on any atom is -0.467 e. The second-order valence-electron chi connectivity index (χ2n) is 29.1. The zero-order valence-electron chi connectivity index (χ0n) is 79.3. The van der Waals surface area contributed by atoms with Crippen molar-refractivity contribution < 1.29 is 253 Å². The molecule has 0 spiro atoms. The first-order valence-corrected chi connectivity index (χ1v) is 50.2. The highest BCUT2D eigenvalue weighted by atomic mass is 32.3. The average Bonchev–Trinajstić information content (AvgIpc) is 0.782. The fourth-order valence-corrected chi connectivity index (χ4v) is 16.9. The van der Waals surface area contributed by atoms with Crippen molar-refractivity contribution in [3.63, 3.8) is 0 Å². The van der Waals surface area contributed by atoms with Crippen molar-refractivity contribution in [2.75, 3.05) is 253 Å². The minimum atomic E-state index is -5.59. The summed E-state index contributed by atoms with van der Waals surface area (Å²) in [5.74, 6) is -3.02. The zero-order valence-corrected chi connectivity index (χ0v) is 84.2. The number of nitrogens with one attached hydrogen (secondary N) is 1. The summed E-state index contributed by atoms with van der Waals surface area (Å²) in [7, 11) is -15.0. The minimum absolute atomic E-state index is 0.0459. The van der Waals surface area contributed by atoms with Crippen LogP contribution in [0.5, 0.6) is 0 Å². The highest BCUT2D eigenvalue weighted by molar-refractivity contribution is 7.83. The number of hydrogen-bond donors (Lipinski definition) is 1. The predicted molar refractivity (Wildman–Crippen MR) is 450 cm³/mol. The molecule has 5 aliphatic heterocycles. The van der Waals surface area contributed by atoms with Crippen molar-refractivity contribution in [2.24, 2.45) is 0 Å². The Bertz CT molecular complexity index is 4440. The first-order chi connectivity index (χ1) is 66.3. The fraction of sp³-hybridized carbons (Fsp3) is 0.918. The van der Waals surface area contributed by atoms with Crippen LogP contribution in [0.1, 0.15) is 25.0 Å². The van der Waals surface area contributed by atoms with Crippen LogP contribution >= 0.6 is 0 Å². The smallest absolute Gasteiger partial charge is 0.400 e. The summed E-state index contributed by atoms with van der Waals surface area (Å²) in [5, 5.41) is 10.8. The molecule has 25 atom stereocenters. The van der Waals surface area contributed by atoms with Crippen molar-refractivity contribution in [2.45, 2.75) is 186 Å². The maximum Gasteiger partial charge on any atom is 0.400 e. The molecule has 5 aliphatic rings. The largest absolute Gasteiger partial charge is 0.467 e. The van der Waals surface area contributed by atoms with E-state index in [2.05, 4.69) is 40.7 Å². The molecule has 0 bridgehead atoms. The van der Waals surface area contributed by atoms with Gasteiger partial charge in [0, 0.05) is 103 Å². The van der Waals surface area contributed by atoms with Crippen LogP contribution in [0.3, 0.4) is 0 Å². The summed E-state index contributed by atoms with van der Waals surface area (Å²) in [6.07, 6.45) is -47.1. The van der Waals surface area contributed by atoms with Gasteiger partial charge in [0.25, 0.3) is 0 Å². The van der Waals surface area contributed by atoms with Gasteiger partial charge in [-0.25, -0.2) is 39.4 Å². The Hall–Kier alpha value is -4.60. The number of methoxy groups -OCH3 is 11. The molecule has 1 aromatic heterocycles. The van der Waals surface area contributed by atoms with Gasteiger partial charge in [0.15, 0.2) is 61.6 Å². The van der Waals surface area contributed by atoms with Gasteiger partial charge in [-0.1, -0.05) is 5.21 Å². The van der Waals surface area contributed by atoms with Crippen molar-refractivity contribution in [3.8, 4) is 0 Å². The Morgan fingerprint density at radius 1 is 0.345 bits per heavy atom. The number of hydrogen-bond acceptors (Lipinski definition) is 58. The van der Waals surface area contributed by atoms with Crippen LogP contribution in [0.15, 0.2) is 6.20 Å². The molecule has 139 heavy (non-hydrogen) atoms. The molecule has 6 rings (SSSR count). The van der Waals surface area contributed by atoms with Gasteiger partial charge in [0.05, 0.1) is 181 Å². The molecule has 6 heterocycles. The number of Topliss-reactive ketones (excluding diaryl/α,β-unsaturated/α-hetero) is 1. The lowest BCUT2D eigenvalue weighted by molar-refractivity contribution is -0.389. The maximum absolute atomic E-state index is 14.4. The highest BCUT2D eigenvalue weighted by Crippen LogP contribution is 2.42. The predicted octanol–water partition coefficient (Wildman–Crippen LogP) is -6.36. The van der Waals surface area contributed by atoms with E-state index in [9.17, 15) is 69.7 Å². The average molecular weight is 2150 g/mol. The number of ketones is 1. The van der Waals surface area contributed by atoms with Gasteiger partial charge >= 0.3 is 74.3 Å². The van der Waals surface area contributed by atoms with E-state index in [0.717, 1.165) is 78.2 Å². The number of amides is 1. The Morgan fingerprint density at radius 3 is 1.10 bits per heavy atom. The lowest BCUT2D eigenvalue weighted by atomic mass is 9.94. The van der Waals surface area contributed by atoms with Gasteiger partial charge in [-0.3, -0.25) is 34.7 Å². The summed E-state index contributed by atoms with van der Waals surface area (Å²) < 4.78 is 383. The second-order valence-corrected chi connectivity index (χ2v) is 37.3. The molecule has 5 fully saturated rings. The van der Waals surface area contributed by atoms with Gasteiger partial charge in [-0.2, -0.15) is 50.5 Å². The standard InChI is InChI=1S/C73H128N4O56S6/c1-94-26-23-77-39-44(75-76-77)20-21-49(79)74-22-25-112-28-30-114-31-32-115-35-36-117-40-45(78)19-18-24-111-27-29-113-33-34-116-37-38-118-50-46(41-119-134(82,83)105-12)123-70(62(99-6)53(50)95-2)127-57-55(97-4)64(101-8)72(130-60(57)67(80)102-9)126-52-48(43-121-136(86,87)107-14)124-73(66(133-139(92,93)110-17)59(52)131-137(88,89)108-15)128-58-56(98-5)63(100-7)71(129-61(58)68(81)103-10)125-51-47(42-120-135(84,85)106-13)122-69(104-11)65(54(51)96-3)132-138(90,91)109-16/h39,46-48,50-66,69-73H,18-38,40-43H2,1-17H3,(H,74,79)/t46-,47-,48-,50-,51-,52-,53+,54+,55+,56+,57+,58+,59+,60+,61-,62-,63-,64-,65-,66-,69+,70-,71-,72-,73-/m1/s1. The van der Waals surface area contributed by atoms with Crippen molar-refractivity contribution in [1.82, 2.24) is 20.3 Å². The van der Waals surface area contributed by atoms with E-state index in [1.54, 1.807) is 18.0 Å². The quantitative estimate of drug-likeness (QED) is 0.0468. The number of ether oxygens (including phenoxy) is 28. The molecule has 1 aromatic rings. The summed E-state index contributed by atoms with van der Waals surface area (Å²) in [5.41, 5.74) is 0.716. The summed E-state index contributed by atoms with van der Waals surface area (Å²) in [4.78, 5) is 53.3. The molecule has 0 unspecified atom stereocenters. The van der Waals surface area contributed by atoms with Gasteiger partial charge in [-0.05, 0) is 6.42 Å². The number of esters is 2. The van der Waals surface area contributed by atoms with Gasteiger partial charge in [0.1, 0.15) is 104 Å². The van der Waals surface area contributed by atoms with Crippen molar-refractivity contribution in [1.29, 1.82) is 0 Å². The molecular weight excluding hydrogens is 2020 g/mol. The second kappa shape index (κ2) is 62.5. The molecular formula is C73H128N4O56S6. The van der Waals surface area contributed by atoms with E-state index < -0.39 is 248 Å². The zero-order chi connectivity index (χ0) is 103. The van der Waals surface area contributed by atoms with E-state index in [-0.39, 0.29) is 90.6 Å². The van der Waals surface area contributed by atoms with Crippen molar-refractivity contribution >= 4 is 86.0 Å². The molecule has 0 aromatic carbocycles. The SMILES string of the molecule is COCCn1cc(CCC(=O)NCCOCCOCCOCCOCC(=O)CCCOCCOCCOCCO[C@H]2[C@H](OC)[C@@H](OC)[C@@H](O[C@H]3[C@H](OC)[C@@H](OC)[C@H](O[C@H]4[C@H](OS(=O)(=O)OC)[C@@H](OS(=O)(=O)OC)[C@@H](O[C@H]5[C@H](OC)[C@@H](OC)[C@H](O[C@H]6[C@H](OC)[C@@H](OS(=O)(=O)OC)[C@@H](OC)O[C@@H]6COS(=O)(=O)OC)O[C@H]5C(=O)OC)O[C@@H]4COS(=O)(=O)OC)O[C@@H]3C(=O)OC)O[C@@H]2COS(=O)(=O)OC)nn1. The number of carbonyl (C=O) groups excluding carboxylic acids is 4. The molecule has 60 nitrogen and oxygen atoms in total. The molecule has 1 amide bonds. The lowest BCUT2D eigenvalue weighted by Crippen LogP contribution is -2.70. The van der Waals surface area contributed by atoms with E-state index >= 15 is 0 Å². The fourth-order valence-electron chi connectivity index (χ4n) is 14.0. The van der Waals surface area contributed by atoms with Gasteiger partial charge in [-0.15, -0.1) is 5.10 Å². The number of rotatable bonds is 73. The van der Waals surface area contributed by atoms with Crippen LogP contribution in [-0.2, 0) is 277 Å². The Morgan fingerprint density at radius 2 is 0.691 bits per heavy atom. The Balaban J connectivity index is 1.12. The number of nitrogens with zero attached hydrogens (tertiary/aromatic N) is 3. The number of carbonyl (C=O) groups is 4. The third-order valence-electron chi connectivity index (χ3n) is 20.7. The lowest BCUT2D eigenvalue weighted by Gasteiger charge is -2.51. The van der Waals surface area contributed by atoms with E-state index in [0.29, 0.717) is 92.6 Å². The summed E-state index contributed by atoms with van der Waals surface area (Å²) in [6, 6.07) is 0. The molecule has 0 aliphatic carbocycles. The first kappa shape index (κ1) is 123. The highest BCUT2D eigenvalue weighted by Gasteiger charge is 2.63. The van der Waals surface area contributed by atoms with E-state index in [4.69, 9.17) is 158 Å². The summed E-state index contributed by atoms with van der Waals surface area (Å²) >= 11 is 0. The third-order valence-corrected chi connectivity index (χ3v) is 25.8. The van der Waals surface area contributed by atoms with Crippen LogP contribution in [-0.4, -0.2) is 496 Å². The normalized spacial score (nSPS) is 29.1. The van der Waals surface area contributed by atoms with Crippen LogP contribution in [0.25, 0.3) is 0 Å². The molecule has 0 saturated carbocycles. The monoisotopic (exact) mass is 2150 g/mol. The molecule has 66 heteroatoms. The van der Waals surface area contributed by atoms with E-state index in [1.807, 2.05) is 0 Å². The van der Waals surface area contributed by atoms with Crippen molar-refractivity contribution in [3.05, 3.63) is 11.9 Å². The van der Waals surface area contributed by atoms with Crippen LogP contribution < -0.4 is 5.32 Å². The third kappa shape index (κ3) is 39.5. The molecule has 0 radical (unpaired) electrons. The van der Waals surface area contributed by atoms with Gasteiger partial charge < -0.3 is 138 Å². The van der Waals surface area contributed by atoms with Crippen LogP contribution in [0.2, 0.25) is 0 Å².